The third kappa shape index (κ3) is 3.02. The van der Waals surface area contributed by atoms with Crippen molar-refractivity contribution in [1.29, 1.82) is 0 Å². The highest BCUT2D eigenvalue weighted by atomic mass is 32.2. The highest BCUT2D eigenvalue weighted by Crippen LogP contribution is 2.25. The van der Waals surface area contributed by atoms with E-state index in [9.17, 15) is 13.2 Å². The van der Waals surface area contributed by atoms with Gasteiger partial charge in [0.1, 0.15) is 0 Å². The molecule has 1 fully saturated rings. The molecule has 112 valence electrons. The summed E-state index contributed by atoms with van der Waals surface area (Å²) in [4.78, 5) is 12.0. The van der Waals surface area contributed by atoms with Crippen LogP contribution in [0.5, 0.6) is 0 Å². The number of carbonyl (C=O) groups excluding carboxylic acids is 1. The van der Waals surface area contributed by atoms with E-state index in [0.29, 0.717) is 6.54 Å². The Morgan fingerprint density at radius 1 is 1.45 bits per heavy atom. The molecular weight excluding hydrogens is 282 g/mol. The lowest BCUT2D eigenvalue weighted by atomic mass is 10.0. The molecule has 1 aliphatic carbocycles. The van der Waals surface area contributed by atoms with Gasteiger partial charge in [-0.1, -0.05) is 6.42 Å². The molecule has 2 atom stereocenters. The van der Waals surface area contributed by atoms with Crippen molar-refractivity contribution in [2.75, 3.05) is 13.6 Å². The number of amides is 1. The molecular formula is C12H19N3O4S. The second-order valence-electron chi connectivity index (χ2n) is 4.83. The molecule has 0 saturated heterocycles. The fraction of sp³-hybridized carbons (Fsp3) is 0.583. The molecule has 0 aliphatic heterocycles. The van der Waals surface area contributed by atoms with Crippen LogP contribution in [-0.4, -0.2) is 34.0 Å². The van der Waals surface area contributed by atoms with Crippen LogP contribution in [0.1, 0.15) is 29.8 Å². The number of carbonyl (C=O) groups is 1. The van der Waals surface area contributed by atoms with Crippen molar-refractivity contribution in [3.8, 4) is 0 Å². The van der Waals surface area contributed by atoms with E-state index < -0.39 is 15.9 Å². The SMILES string of the molecule is CNS(=O)(=O)c1ccc(C(=O)NC2CCCC2CN)o1. The molecule has 0 spiro atoms. The Bertz CT molecular complexity index is 581. The molecule has 20 heavy (non-hydrogen) atoms. The fourth-order valence-electron chi connectivity index (χ4n) is 2.44. The maximum absolute atomic E-state index is 12.0. The van der Waals surface area contributed by atoms with E-state index in [4.69, 9.17) is 10.2 Å². The van der Waals surface area contributed by atoms with Gasteiger partial charge in [-0.2, -0.15) is 0 Å². The number of furan rings is 1. The summed E-state index contributed by atoms with van der Waals surface area (Å²) < 4.78 is 30.3. The first-order valence-corrected chi connectivity index (χ1v) is 8.00. The van der Waals surface area contributed by atoms with Crippen molar-refractivity contribution >= 4 is 15.9 Å². The van der Waals surface area contributed by atoms with E-state index in [1.165, 1.54) is 19.2 Å². The summed E-state index contributed by atoms with van der Waals surface area (Å²) in [5.74, 6) is -0.149. The average molecular weight is 301 g/mol. The third-order valence-corrected chi connectivity index (χ3v) is 4.90. The number of nitrogens with two attached hydrogens (primary N) is 1. The Morgan fingerprint density at radius 2 is 2.20 bits per heavy atom. The van der Waals surface area contributed by atoms with Crippen LogP contribution in [0.3, 0.4) is 0 Å². The van der Waals surface area contributed by atoms with Crippen molar-refractivity contribution in [2.24, 2.45) is 11.7 Å². The van der Waals surface area contributed by atoms with Crippen molar-refractivity contribution in [3.63, 3.8) is 0 Å². The standard InChI is InChI=1S/C12H19N3O4S/c1-14-20(17,18)11-6-5-10(19-11)12(16)15-9-4-2-3-8(9)7-13/h5-6,8-9,14H,2-4,7,13H2,1H3,(H,15,16). The Hall–Kier alpha value is -1.38. The minimum absolute atomic E-state index is 0.0125. The summed E-state index contributed by atoms with van der Waals surface area (Å²) >= 11 is 0. The first-order chi connectivity index (χ1) is 9.47. The van der Waals surface area contributed by atoms with Crippen molar-refractivity contribution in [3.05, 3.63) is 17.9 Å². The van der Waals surface area contributed by atoms with Crippen LogP contribution in [0, 0.1) is 5.92 Å². The van der Waals surface area contributed by atoms with Crippen molar-refractivity contribution in [2.45, 2.75) is 30.4 Å². The van der Waals surface area contributed by atoms with Crippen molar-refractivity contribution in [1.82, 2.24) is 10.0 Å². The second kappa shape index (κ2) is 5.94. The smallest absolute Gasteiger partial charge is 0.287 e. The van der Waals surface area contributed by atoms with Gasteiger partial charge in [0.2, 0.25) is 5.09 Å². The Labute approximate surface area is 118 Å². The molecule has 1 aromatic rings. The van der Waals surface area contributed by atoms with Crippen LogP contribution < -0.4 is 15.8 Å². The van der Waals surface area contributed by atoms with Crippen LogP contribution in [0.25, 0.3) is 0 Å². The summed E-state index contributed by atoms with van der Waals surface area (Å²) in [6, 6.07) is 2.64. The maximum atomic E-state index is 12.0. The topological polar surface area (TPSA) is 114 Å². The van der Waals surface area contributed by atoms with Gasteiger partial charge < -0.3 is 15.5 Å². The zero-order valence-corrected chi connectivity index (χ0v) is 12.1. The molecule has 1 aliphatic rings. The number of nitrogens with one attached hydrogen (secondary N) is 2. The number of sulfonamides is 1. The Balaban J connectivity index is 2.07. The Kier molecular flexibility index (Phi) is 4.46. The first-order valence-electron chi connectivity index (χ1n) is 6.52. The zero-order chi connectivity index (χ0) is 14.8. The van der Waals surface area contributed by atoms with Gasteiger partial charge in [-0.15, -0.1) is 0 Å². The predicted molar refractivity (Wildman–Crippen MR) is 72.6 cm³/mol. The van der Waals surface area contributed by atoms with Gasteiger partial charge in [-0.25, -0.2) is 13.1 Å². The van der Waals surface area contributed by atoms with Crippen LogP contribution in [0.4, 0.5) is 0 Å². The molecule has 1 aromatic heterocycles. The lowest BCUT2D eigenvalue weighted by Crippen LogP contribution is -2.39. The van der Waals surface area contributed by atoms with Gasteiger partial charge in [0, 0.05) is 6.04 Å². The lowest BCUT2D eigenvalue weighted by Gasteiger charge is -2.18. The minimum Gasteiger partial charge on any atom is -0.438 e. The Morgan fingerprint density at radius 3 is 2.85 bits per heavy atom. The van der Waals surface area contributed by atoms with Gasteiger partial charge in [-0.3, -0.25) is 4.79 Å². The van der Waals surface area contributed by atoms with E-state index in [2.05, 4.69) is 10.0 Å². The molecule has 1 amide bonds. The van der Waals surface area contributed by atoms with Crippen LogP contribution >= 0.6 is 0 Å². The van der Waals surface area contributed by atoms with E-state index >= 15 is 0 Å². The van der Waals surface area contributed by atoms with Gasteiger partial charge in [0.05, 0.1) is 0 Å². The minimum atomic E-state index is -3.67. The summed E-state index contributed by atoms with van der Waals surface area (Å²) in [6.07, 6.45) is 2.92. The molecule has 0 radical (unpaired) electrons. The van der Waals surface area contributed by atoms with E-state index in [0.717, 1.165) is 19.3 Å². The largest absolute Gasteiger partial charge is 0.438 e. The molecule has 8 heteroatoms. The normalized spacial score (nSPS) is 22.9. The lowest BCUT2D eigenvalue weighted by molar-refractivity contribution is 0.0895. The average Bonchev–Trinajstić information content (AvgIpc) is 3.07. The molecule has 2 rings (SSSR count). The van der Waals surface area contributed by atoms with E-state index in [1.807, 2.05) is 0 Å². The number of hydrogen-bond acceptors (Lipinski definition) is 5. The second-order valence-corrected chi connectivity index (χ2v) is 6.65. The van der Waals surface area contributed by atoms with Gasteiger partial charge >= 0.3 is 0 Å². The quantitative estimate of drug-likeness (QED) is 0.710. The molecule has 2 unspecified atom stereocenters. The molecule has 7 nitrogen and oxygen atoms in total. The van der Waals surface area contributed by atoms with Crippen molar-refractivity contribution < 1.29 is 17.6 Å². The van der Waals surface area contributed by atoms with Gasteiger partial charge in [0.25, 0.3) is 15.9 Å². The molecule has 1 heterocycles. The molecule has 4 N–H and O–H groups in total. The summed E-state index contributed by atoms with van der Waals surface area (Å²) in [6.45, 7) is 0.530. The highest BCUT2D eigenvalue weighted by Gasteiger charge is 2.29. The number of rotatable bonds is 5. The van der Waals surface area contributed by atoms with E-state index in [-0.39, 0.29) is 22.8 Å². The van der Waals surface area contributed by atoms with Crippen LogP contribution in [0.2, 0.25) is 0 Å². The third-order valence-electron chi connectivity index (χ3n) is 3.62. The molecule has 0 aromatic carbocycles. The fourth-order valence-corrected chi connectivity index (χ4v) is 3.08. The van der Waals surface area contributed by atoms with E-state index in [1.54, 1.807) is 0 Å². The van der Waals surface area contributed by atoms with Gasteiger partial charge in [0.15, 0.2) is 5.76 Å². The monoisotopic (exact) mass is 301 g/mol. The molecule has 1 saturated carbocycles. The molecule has 0 bridgehead atoms. The summed E-state index contributed by atoms with van der Waals surface area (Å²) in [5.41, 5.74) is 5.66. The zero-order valence-electron chi connectivity index (χ0n) is 11.3. The highest BCUT2D eigenvalue weighted by molar-refractivity contribution is 7.89. The summed E-state index contributed by atoms with van der Waals surface area (Å²) in [7, 11) is -2.39. The van der Waals surface area contributed by atoms with Gasteiger partial charge in [-0.05, 0) is 44.5 Å². The van der Waals surface area contributed by atoms with Crippen LogP contribution in [-0.2, 0) is 10.0 Å². The summed E-state index contributed by atoms with van der Waals surface area (Å²) in [5, 5.41) is 2.58. The van der Waals surface area contributed by atoms with Crippen LogP contribution in [0.15, 0.2) is 21.6 Å². The maximum Gasteiger partial charge on any atom is 0.287 e. The number of hydrogen-bond donors (Lipinski definition) is 3. The first kappa shape index (κ1) is 15.0. The predicted octanol–water partition coefficient (Wildman–Crippen LogP) is 0.0449.